The van der Waals surface area contributed by atoms with E-state index in [0.717, 1.165) is 27.2 Å². The normalized spacial score (nSPS) is 12.8. The molecule has 2 heterocycles. The molecule has 0 spiro atoms. The van der Waals surface area contributed by atoms with Crippen molar-refractivity contribution in [3.05, 3.63) is 29.3 Å². The van der Waals surface area contributed by atoms with Gasteiger partial charge in [-0.3, -0.25) is 0 Å². The molecule has 0 amide bonds. The van der Waals surface area contributed by atoms with Crippen LogP contribution in [-0.4, -0.2) is 18.8 Å². The number of hydrogen-bond donors (Lipinski definition) is 1. The second-order valence-corrected chi connectivity index (χ2v) is 5.00. The van der Waals surface area contributed by atoms with Gasteiger partial charge in [0.15, 0.2) is 16.6 Å². The maximum atomic E-state index is 5.59. The predicted octanol–water partition coefficient (Wildman–Crippen LogP) is 2.10. The summed E-state index contributed by atoms with van der Waals surface area (Å²) in [7, 11) is 1.97. The van der Waals surface area contributed by atoms with Gasteiger partial charge < -0.3 is 20.1 Å². The number of nitrogens with two attached hydrogens (primary N) is 1. The lowest BCUT2D eigenvalue weighted by atomic mass is 10.2. The largest absolute Gasteiger partial charge is 0.454 e. The van der Waals surface area contributed by atoms with E-state index in [-0.39, 0.29) is 6.79 Å². The Labute approximate surface area is 109 Å². The first kappa shape index (κ1) is 11.3. The maximum Gasteiger partial charge on any atom is 0.231 e. The van der Waals surface area contributed by atoms with E-state index in [0.29, 0.717) is 6.54 Å². The number of fused-ring (bicyclic) bond motifs is 1. The van der Waals surface area contributed by atoms with Gasteiger partial charge in [0.25, 0.3) is 0 Å². The van der Waals surface area contributed by atoms with Gasteiger partial charge in [0.05, 0.1) is 0 Å². The summed E-state index contributed by atoms with van der Waals surface area (Å²) in [6.45, 7) is 0.809. The van der Waals surface area contributed by atoms with Crippen LogP contribution in [0.25, 0.3) is 0 Å². The van der Waals surface area contributed by atoms with Crippen LogP contribution in [0.5, 0.6) is 11.5 Å². The highest BCUT2D eigenvalue weighted by molar-refractivity contribution is 7.15. The van der Waals surface area contributed by atoms with Gasteiger partial charge in [-0.15, -0.1) is 11.3 Å². The van der Waals surface area contributed by atoms with Crippen molar-refractivity contribution >= 4 is 22.2 Å². The van der Waals surface area contributed by atoms with Crippen molar-refractivity contribution in [2.24, 2.45) is 5.73 Å². The summed E-state index contributed by atoms with van der Waals surface area (Å²) < 4.78 is 10.7. The van der Waals surface area contributed by atoms with Crippen molar-refractivity contribution in [3.63, 3.8) is 0 Å². The summed E-state index contributed by atoms with van der Waals surface area (Å²) in [6.07, 6.45) is 1.81. The Morgan fingerprint density at radius 1 is 1.39 bits per heavy atom. The summed E-state index contributed by atoms with van der Waals surface area (Å²) in [5.74, 6) is 1.56. The van der Waals surface area contributed by atoms with E-state index in [1.807, 2.05) is 36.3 Å². The van der Waals surface area contributed by atoms with E-state index in [9.17, 15) is 0 Å². The lowest BCUT2D eigenvalue weighted by molar-refractivity contribution is 0.174. The number of hydrogen-bond acceptors (Lipinski definition) is 6. The quantitative estimate of drug-likeness (QED) is 0.919. The number of anilines is 2. The van der Waals surface area contributed by atoms with Crippen LogP contribution in [0.1, 0.15) is 4.88 Å². The summed E-state index contributed by atoms with van der Waals surface area (Å²) in [5, 5.41) is 0.911. The number of thiazole rings is 1. The van der Waals surface area contributed by atoms with Crippen molar-refractivity contribution < 1.29 is 9.47 Å². The molecule has 18 heavy (non-hydrogen) atoms. The van der Waals surface area contributed by atoms with Gasteiger partial charge in [-0.05, 0) is 12.1 Å². The van der Waals surface area contributed by atoms with Gasteiger partial charge in [-0.2, -0.15) is 0 Å². The van der Waals surface area contributed by atoms with Gasteiger partial charge >= 0.3 is 0 Å². The number of ether oxygens (including phenoxy) is 2. The standard InChI is InChI=1S/C12H13N3O2S/c1-15(12-14-6-9(5-13)18-12)8-2-3-10-11(4-8)17-7-16-10/h2-4,6H,5,7,13H2,1H3. The maximum absolute atomic E-state index is 5.59. The third-order valence-corrected chi connectivity index (χ3v) is 3.87. The van der Waals surface area contributed by atoms with E-state index in [1.165, 1.54) is 0 Å². The van der Waals surface area contributed by atoms with Crippen LogP contribution in [-0.2, 0) is 6.54 Å². The molecule has 5 nitrogen and oxygen atoms in total. The van der Waals surface area contributed by atoms with Crippen LogP contribution >= 0.6 is 11.3 Å². The Bertz CT molecular complexity index is 570. The molecular weight excluding hydrogens is 250 g/mol. The third-order valence-electron chi connectivity index (χ3n) is 2.77. The molecule has 3 rings (SSSR count). The van der Waals surface area contributed by atoms with Crippen molar-refractivity contribution in [2.75, 3.05) is 18.7 Å². The second kappa shape index (κ2) is 4.47. The molecule has 1 aliphatic rings. The van der Waals surface area contributed by atoms with Crippen LogP contribution in [0.4, 0.5) is 10.8 Å². The van der Waals surface area contributed by atoms with Gasteiger partial charge in [-0.1, -0.05) is 0 Å². The van der Waals surface area contributed by atoms with Gasteiger partial charge in [0.1, 0.15) is 0 Å². The zero-order valence-corrected chi connectivity index (χ0v) is 10.7. The van der Waals surface area contributed by atoms with Gasteiger partial charge in [-0.25, -0.2) is 4.98 Å². The Morgan fingerprint density at radius 2 is 2.22 bits per heavy atom. The fourth-order valence-corrected chi connectivity index (χ4v) is 2.52. The summed E-state index contributed by atoms with van der Waals surface area (Å²) in [6, 6.07) is 5.84. The molecule has 0 fully saturated rings. The van der Waals surface area contributed by atoms with Crippen molar-refractivity contribution in [1.29, 1.82) is 0 Å². The second-order valence-electron chi connectivity index (χ2n) is 3.91. The van der Waals surface area contributed by atoms with Gasteiger partial charge in [0.2, 0.25) is 6.79 Å². The number of nitrogens with zero attached hydrogens (tertiary/aromatic N) is 2. The minimum Gasteiger partial charge on any atom is -0.454 e. The number of aromatic nitrogens is 1. The summed E-state index contributed by atoms with van der Waals surface area (Å²) >= 11 is 1.59. The molecule has 0 radical (unpaired) electrons. The lowest BCUT2D eigenvalue weighted by Gasteiger charge is -2.16. The molecule has 2 aromatic rings. The summed E-state index contributed by atoms with van der Waals surface area (Å²) in [5.41, 5.74) is 6.60. The molecule has 1 aliphatic heterocycles. The molecule has 1 aromatic carbocycles. The fraction of sp³-hybridized carbons (Fsp3) is 0.250. The van der Waals surface area contributed by atoms with E-state index in [1.54, 1.807) is 11.3 Å². The number of benzene rings is 1. The molecule has 94 valence electrons. The molecule has 0 saturated carbocycles. The average molecular weight is 263 g/mol. The predicted molar refractivity (Wildman–Crippen MR) is 70.6 cm³/mol. The van der Waals surface area contributed by atoms with Crippen molar-refractivity contribution in [2.45, 2.75) is 6.54 Å². The topological polar surface area (TPSA) is 60.6 Å². The Morgan fingerprint density at radius 3 is 3.00 bits per heavy atom. The van der Waals surface area contributed by atoms with Gasteiger partial charge in [0, 0.05) is 36.4 Å². The highest BCUT2D eigenvalue weighted by Crippen LogP contribution is 2.37. The van der Waals surface area contributed by atoms with Crippen LogP contribution in [0.15, 0.2) is 24.4 Å². The smallest absolute Gasteiger partial charge is 0.231 e. The van der Waals surface area contributed by atoms with Crippen LogP contribution < -0.4 is 20.1 Å². The van der Waals surface area contributed by atoms with Crippen LogP contribution in [0.3, 0.4) is 0 Å². The Balaban J connectivity index is 1.89. The summed E-state index contributed by atoms with van der Waals surface area (Å²) in [4.78, 5) is 7.42. The third kappa shape index (κ3) is 1.89. The van der Waals surface area contributed by atoms with Crippen LogP contribution in [0.2, 0.25) is 0 Å². The molecule has 0 atom stereocenters. The van der Waals surface area contributed by atoms with Crippen molar-refractivity contribution in [3.8, 4) is 11.5 Å². The highest BCUT2D eigenvalue weighted by atomic mass is 32.1. The lowest BCUT2D eigenvalue weighted by Crippen LogP contribution is -2.08. The molecule has 0 bridgehead atoms. The first-order chi connectivity index (χ1) is 8.78. The Hall–Kier alpha value is -1.79. The molecule has 0 unspecified atom stereocenters. The first-order valence-electron chi connectivity index (χ1n) is 5.56. The van der Waals surface area contributed by atoms with Crippen molar-refractivity contribution in [1.82, 2.24) is 4.98 Å². The zero-order chi connectivity index (χ0) is 12.5. The van der Waals surface area contributed by atoms with E-state index in [2.05, 4.69) is 4.98 Å². The Kier molecular flexibility index (Phi) is 2.81. The fourth-order valence-electron chi connectivity index (χ4n) is 1.75. The minimum absolute atomic E-state index is 0.289. The number of rotatable bonds is 3. The monoisotopic (exact) mass is 263 g/mol. The molecule has 0 aliphatic carbocycles. The average Bonchev–Trinajstić information content (AvgIpc) is 3.05. The zero-order valence-electron chi connectivity index (χ0n) is 9.92. The first-order valence-corrected chi connectivity index (χ1v) is 6.38. The molecule has 1 aromatic heterocycles. The molecule has 2 N–H and O–H groups in total. The molecule has 6 heteroatoms. The SMILES string of the molecule is CN(c1ccc2c(c1)OCO2)c1ncc(CN)s1. The van der Waals surface area contributed by atoms with Crippen LogP contribution in [0, 0.1) is 0 Å². The highest BCUT2D eigenvalue weighted by Gasteiger charge is 2.16. The molecule has 0 saturated heterocycles. The minimum atomic E-state index is 0.289. The van der Waals surface area contributed by atoms with E-state index >= 15 is 0 Å². The van der Waals surface area contributed by atoms with E-state index in [4.69, 9.17) is 15.2 Å². The molecular formula is C12H13N3O2S. The van der Waals surface area contributed by atoms with E-state index < -0.39 is 0 Å².